The lowest BCUT2D eigenvalue weighted by molar-refractivity contribution is -0.130. The molecule has 3 aromatic carbocycles. The van der Waals surface area contributed by atoms with Crippen molar-refractivity contribution < 1.29 is 14.0 Å². The first-order chi connectivity index (χ1) is 16.5. The van der Waals surface area contributed by atoms with Crippen LogP contribution >= 0.6 is 23.4 Å². The molecular formula is C26H23ClFN3O2S. The van der Waals surface area contributed by atoms with Crippen molar-refractivity contribution in [3.8, 4) is 0 Å². The Hall–Kier alpha value is -3.16. The molecule has 0 radical (unpaired) electrons. The molecule has 1 N–H and O–H groups in total. The molecule has 1 heterocycles. The molecule has 1 aliphatic heterocycles. The molecule has 8 heteroatoms. The van der Waals surface area contributed by atoms with Gasteiger partial charge in [-0.1, -0.05) is 71.9 Å². The highest BCUT2D eigenvalue weighted by Gasteiger charge is 2.35. The average Bonchev–Trinajstić information content (AvgIpc) is 2.83. The number of amides is 2. The van der Waals surface area contributed by atoms with Gasteiger partial charge < -0.3 is 5.32 Å². The van der Waals surface area contributed by atoms with Crippen LogP contribution in [0.3, 0.4) is 0 Å². The summed E-state index contributed by atoms with van der Waals surface area (Å²) < 4.78 is 13.3. The van der Waals surface area contributed by atoms with E-state index < -0.39 is 5.25 Å². The third-order valence-electron chi connectivity index (χ3n) is 5.27. The molecule has 3 aromatic rings. The van der Waals surface area contributed by atoms with Crippen molar-refractivity contribution in [2.75, 3.05) is 6.54 Å². The standard InChI is InChI=1S/C26H23ClFN3O2S/c27-20-7-4-8-22(15-20)30-26-31(17-19-9-11-21(28)12-10-19)24(32)16-23(34-26)25(33)29-14-13-18-5-2-1-3-6-18/h1-12,15,23H,13-14,16-17H2,(H,29,33). The van der Waals surface area contributed by atoms with E-state index in [-0.39, 0.29) is 30.6 Å². The normalized spacial score (nSPS) is 17.1. The molecule has 2 amide bonds. The average molecular weight is 496 g/mol. The largest absolute Gasteiger partial charge is 0.355 e. The first-order valence-corrected chi connectivity index (χ1v) is 12.1. The first kappa shape index (κ1) is 24.0. The maximum absolute atomic E-state index is 13.3. The van der Waals surface area contributed by atoms with Crippen molar-refractivity contribution in [3.05, 3.63) is 101 Å². The summed E-state index contributed by atoms with van der Waals surface area (Å²) in [6, 6.07) is 22.8. The minimum Gasteiger partial charge on any atom is -0.355 e. The van der Waals surface area contributed by atoms with E-state index in [4.69, 9.17) is 11.6 Å². The zero-order chi connectivity index (χ0) is 23.9. The Labute approximate surface area is 207 Å². The van der Waals surface area contributed by atoms with Crippen molar-refractivity contribution >= 4 is 46.0 Å². The zero-order valence-electron chi connectivity index (χ0n) is 18.3. The van der Waals surface area contributed by atoms with Crippen molar-refractivity contribution in [1.29, 1.82) is 0 Å². The van der Waals surface area contributed by atoms with Crippen molar-refractivity contribution in [3.63, 3.8) is 0 Å². The van der Waals surface area contributed by atoms with Gasteiger partial charge in [0.15, 0.2) is 5.17 Å². The number of halogens is 2. The van der Waals surface area contributed by atoms with Gasteiger partial charge in [-0.15, -0.1) is 0 Å². The van der Waals surface area contributed by atoms with Gasteiger partial charge in [0.2, 0.25) is 11.8 Å². The van der Waals surface area contributed by atoms with Crippen molar-refractivity contribution in [1.82, 2.24) is 10.2 Å². The molecule has 0 aliphatic carbocycles. The molecule has 0 saturated carbocycles. The van der Waals surface area contributed by atoms with Gasteiger partial charge in [0.25, 0.3) is 0 Å². The fraction of sp³-hybridized carbons (Fsp3) is 0.192. The lowest BCUT2D eigenvalue weighted by Crippen LogP contribution is -2.46. The van der Waals surface area contributed by atoms with Crippen LogP contribution in [0.4, 0.5) is 10.1 Å². The Balaban J connectivity index is 1.50. The van der Waals surface area contributed by atoms with Gasteiger partial charge in [0, 0.05) is 18.0 Å². The number of nitrogens with one attached hydrogen (secondary N) is 1. The van der Waals surface area contributed by atoms with Crippen LogP contribution in [0.25, 0.3) is 0 Å². The number of carbonyl (C=O) groups is 2. The lowest BCUT2D eigenvalue weighted by Gasteiger charge is -2.32. The molecule has 5 nitrogen and oxygen atoms in total. The highest BCUT2D eigenvalue weighted by molar-refractivity contribution is 8.15. The fourth-order valence-corrected chi connectivity index (χ4v) is 4.82. The summed E-state index contributed by atoms with van der Waals surface area (Å²) >= 11 is 7.35. The fourth-order valence-electron chi connectivity index (χ4n) is 3.51. The molecule has 0 aromatic heterocycles. The van der Waals surface area contributed by atoms with Crippen LogP contribution in [-0.2, 0) is 22.6 Å². The van der Waals surface area contributed by atoms with Gasteiger partial charge in [0.1, 0.15) is 5.82 Å². The first-order valence-electron chi connectivity index (χ1n) is 10.9. The number of aliphatic imine (C=N–C) groups is 1. The number of carbonyl (C=O) groups excluding carboxylic acids is 2. The van der Waals surface area contributed by atoms with Gasteiger partial charge in [-0.3, -0.25) is 14.5 Å². The molecule has 174 valence electrons. The van der Waals surface area contributed by atoms with Crippen LogP contribution in [0, 0.1) is 5.82 Å². The number of hydrogen-bond donors (Lipinski definition) is 1. The van der Waals surface area contributed by atoms with Crippen molar-refractivity contribution in [2.24, 2.45) is 4.99 Å². The number of thioether (sulfide) groups is 1. The Morgan fingerprint density at radius 2 is 1.82 bits per heavy atom. The summed E-state index contributed by atoms with van der Waals surface area (Å²) in [6.07, 6.45) is 0.760. The summed E-state index contributed by atoms with van der Waals surface area (Å²) in [5.74, 6) is -0.760. The Morgan fingerprint density at radius 1 is 1.06 bits per heavy atom. The topological polar surface area (TPSA) is 61.8 Å². The van der Waals surface area contributed by atoms with Crippen LogP contribution < -0.4 is 5.32 Å². The quantitative estimate of drug-likeness (QED) is 0.480. The molecular weight excluding hydrogens is 473 g/mol. The molecule has 1 fully saturated rings. The van der Waals surface area contributed by atoms with Crippen LogP contribution in [-0.4, -0.2) is 33.7 Å². The second-order valence-electron chi connectivity index (χ2n) is 7.82. The highest BCUT2D eigenvalue weighted by atomic mass is 35.5. The summed E-state index contributed by atoms with van der Waals surface area (Å²) in [7, 11) is 0. The van der Waals surface area contributed by atoms with Gasteiger partial charge >= 0.3 is 0 Å². The summed E-state index contributed by atoms with van der Waals surface area (Å²) in [4.78, 5) is 32.1. The van der Waals surface area contributed by atoms with Crippen LogP contribution in [0.1, 0.15) is 17.5 Å². The number of amidine groups is 1. The maximum Gasteiger partial charge on any atom is 0.234 e. The summed E-state index contributed by atoms with van der Waals surface area (Å²) in [5.41, 5.74) is 2.47. The molecule has 0 spiro atoms. The summed E-state index contributed by atoms with van der Waals surface area (Å²) in [5, 5.41) is 3.28. The van der Waals surface area contributed by atoms with E-state index in [0.717, 1.165) is 11.1 Å². The van der Waals surface area contributed by atoms with E-state index in [1.165, 1.54) is 28.8 Å². The van der Waals surface area contributed by atoms with E-state index in [9.17, 15) is 14.0 Å². The van der Waals surface area contributed by atoms with Gasteiger partial charge in [-0.2, -0.15) is 0 Å². The molecule has 0 bridgehead atoms. The third-order valence-corrected chi connectivity index (χ3v) is 6.70. The molecule has 1 unspecified atom stereocenters. The third kappa shape index (κ3) is 6.46. The van der Waals surface area contributed by atoms with Gasteiger partial charge in [-0.05, 0) is 47.9 Å². The van der Waals surface area contributed by atoms with E-state index in [0.29, 0.717) is 28.8 Å². The molecule has 1 saturated heterocycles. The smallest absolute Gasteiger partial charge is 0.234 e. The second-order valence-corrected chi connectivity index (χ2v) is 9.42. The molecule has 1 atom stereocenters. The SMILES string of the molecule is O=C(NCCc1ccccc1)C1CC(=O)N(Cc2ccc(F)cc2)C(=Nc2cccc(Cl)c2)S1. The van der Waals surface area contributed by atoms with Gasteiger partial charge in [0.05, 0.1) is 17.5 Å². The molecule has 4 rings (SSSR count). The van der Waals surface area contributed by atoms with E-state index in [1.807, 2.05) is 30.3 Å². The van der Waals surface area contributed by atoms with E-state index >= 15 is 0 Å². The number of hydrogen-bond acceptors (Lipinski definition) is 4. The van der Waals surface area contributed by atoms with E-state index in [1.54, 1.807) is 36.4 Å². The second kappa shape index (κ2) is 11.3. The number of rotatable bonds is 7. The minimum atomic E-state index is -0.592. The lowest BCUT2D eigenvalue weighted by atomic mass is 10.1. The number of benzene rings is 3. The monoisotopic (exact) mass is 495 g/mol. The van der Waals surface area contributed by atoms with Crippen LogP contribution in [0.15, 0.2) is 83.9 Å². The number of nitrogens with zero attached hydrogens (tertiary/aromatic N) is 2. The van der Waals surface area contributed by atoms with Crippen LogP contribution in [0.2, 0.25) is 5.02 Å². The predicted octanol–water partition coefficient (Wildman–Crippen LogP) is 5.36. The Kier molecular flexibility index (Phi) is 7.98. The van der Waals surface area contributed by atoms with Crippen LogP contribution in [0.5, 0.6) is 0 Å². The Bertz CT molecular complexity index is 1190. The van der Waals surface area contributed by atoms with Gasteiger partial charge in [-0.25, -0.2) is 9.38 Å². The van der Waals surface area contributed by atoms with Crippen molar-refractivity contribution in [2.45, 2.75) is 24.6 Å². The summed E-state index contributed by atoms with van der Waals surface area (Å²) in [6.45, 7) is 0.710. The minimum absolute atomic E-state index is 0.0532. The predicted molar refractivity (Wildman–Crippen MR) is 135 cm³/mol. The van der Waals surface area contributed by atoms with E-state index in [2.05, 4.69) is 10.3 Å². The maximum atomic E-state index is 13.3. The highest BCUT2D eigenvalue weighted by Crippen LogP contribution is 2.31. The molecule has 1 aliphatic rings. The Morgan fingerprint density at radius 3 is 2.56 bits per heavy atom. The molecule has 34 heavy (non-hydrogen) atoms. The zero-order valence-corrected chi connectivity index (χ0v) is 19.9.